The number of fused-ring (bicyclic) bond motifs is 6. The van der Waals surface area contributed by atoms with Gasteiger partial charge < -0.3 is 0 Å². The van der Waals surface area contributed by atoms with Gasteiger partial charge in [-0.05, 0) is 67.5 Å². The van der Waals surface area contributed by atoms with Crippen molar-refractivity contribution in [2.45, 2.75) is 58.3 Å². The molecule has 2 aliphatic carbocycles. The zero-order valence-corrected chi connectivity index (χ0v) is 21.4. The molecule has 2 aromatic carbocycles. The number of hydrogen-bond acceptors (Lipinski definition) is 6. The highest BCUT2D eigenvalue weighted by molar-refractivity contribution is 6.32. The number of nitrogens with one attached hydrogen (secondary N) is 2. The standard InChI is InChI=1S/C26H26ClN5O4/c1-13-10-17-18(11-14(13)2)29-21-20(28-17)25(5)8-9-26(21,24(25,3)4)23(34)31-30-22(33)15-6-7-16(27)19(12-15)32(35)36/h6-7,10-12H,8-9H2,1-5H3,(H,30,33)(H,31,34). The van der Waals surface area contributed by atoms with Crippen LogP contribution in [0.1, 0.15) is 66.5 Å². The number of carbonyl (C=O) groups is 2. The number of amides is 2. The Hall–Kier alpha value is -3.59. The molecular formula is C26H26ClN5O4. The predicted octanol–water partition coefficient (Wildman–Crippen LogP) is 4.60. The summed E-state index contributed by atoms with van der Waals surface area (Å²) in [5.41, 5.74) is 7.92. The monoisotopic (exact) mass is 507 g/mol. The molecule has 1 fully saturated rings. The maximum atomic E-state index is 13.8. The van der Waals surface area contributed by atoms with E-state index in [4.69, 9.17) is 21.6 Å². The molecule has 2 aliphatic rings. The zero-order valence-electron chi connectivity index (χ0n) is 20.7. The average molecular weight is 508 g/mol. The van der Waals surface area contributed by atoms with Crippen LogP contribution in [0.2, 0.25) is 5.02 Å². The summed E-state index contributed by atoms with van der Waals surface area (Å²) in [6, 6.07) is 7.72. The molecule has 2 amide bonds. The summed E-state index contributed by atoms with van der Waals surface area (Å²) in [5.74, 6) is -1.07. The predicted molar refractivity (Wildman–Crippen MR) is 135 cm³/mol. The topological polar surface area (TPSA) is 127 Å². The first-order chi connectivity index (χ1) is 16.8. The molecule has 1 aromatic heterocycles. The molecule has 186 valence electrons. The van der Waals surface area contributed by atoms with E-state index in [0.29, 0.717) is 12.1 Å². The summed E-state index contributed by atoms with van der Waals surface area (Å²) in [6.45, 7) is 10.3. The smallest absolute Gasteiger partial charge is 0.272 e. The van der Waals surface area contributed by atoms with E-state index in [1.807, 2.05) is 26.0 Å². The minimum Gasteiger partial charge on any atom is -0.272 e. The van der Waals surface area contributed by atoms with Crippen LogP contribution >= 0.6 is 11.6 Å². The van der Waals surface area contributed by atoms with Gasteiger partial charge in [0.05, 0.1) is 27.3 Å². The zero-order chi connectivity index (χ0) is 26.2. The first kappa shape index (κ1) is 24.1. The Kier molecular flexibility index (Phi) is 5.16. The minimum atomic E-state index is -1.00. The van der Waals surface area contributed by atoms with Gasteiger partial charge in [-0.3, -0.25) is 30.6 Å². The van der Waals surface area contributed by atoms with Crippen LogP contribution in [0.5, 0.6) is 0 Å². The fourth-order valence-corrected chi connectivity index (χ4v) is 6.13. The molecule has 1 heterocycles. The molecular weight excluding hydrogens is 482 g/mol. The normalized spacial score (nSPS) is 23.4. The summed E-state index contributed by atoms with van der Waals surface area (Å²) in [7, 11) is 0. The molecule has 9 nitrogen and oxygen atoms in total. The number of hydrazine groups is 1. The van der Waals surface area contributed by atoms with Gasteiger partial charge in [-0.25, -0.2) is 9.97 Å². The average Bonchev–Trinajstić information content (AvgIpc) is 3.11. The Morgan fingerprint density at radius 1 is 0.972 bits per heavy atom. The van der Waals surface area contributed by atoms with Crippen LogP contribution in [-0.2, 0) is 15.6 Å². The molecule has 5 rings (SSSR count). The number of carbonyl (C=O) groups excluding carboxylic acids is 2. The van der Waals surface area contributed by atoms with E-state index in [-0.39, 0.29) is 27.6 Å². The first-order valence-corrected chi connectivity index (χ1v) is 12.1. The Balaban J connectivity index is 1.51. The summed E-state index contributed by atoms with van der Waals surface area (Å²) in [5, 5.41) is 11.1. The van der Waals surface area contributed by atoms with Crippen LogP contribution in [0.15, 0.2) is 30.3 Å². The lowest BCUT2D eigenvalue weighted by molar-refractivity contribution is -0.384. The first-order valence-electron chi connectivity index (χ1n) is 11.7. The van der Waals surface area contributed by atoms with Crippen molar-refractivity contribution in [1.82, 2.24) is 20.8 Å². The molecule has 2 bridgehead atoms. The maximum Gasteiger partial charge on any atom is 0.288 e. The Morgan fingerprint density at radius 3 is 2.19 bits per heavy atom. The van der Waals surface area contributed by atoms with Gasteiger partial charge in [-0.2, -0.15) is 0 Å². The SMILES string of the molecule is Cc1cc2nc3c(nc2cc1C)C1(C(=O)NNC(=O)c2ccc(Cl)c([N+](=O)[O-])c2)CCC3(C)C1(C)C. The molecule has 2 N–H and O–H groups in total. The number of nitro groups is 1. The lowest BCUT2D eigenvalue weighted by Crippen LogP contribution is -2.55. The van der Waals surface area contributed by atoms with E-state index in [2.05, 4.69) is 31.6 Å². The van der Waals surface area contributed by atoms with Crippen LogP contribution < -0.4 is 10.9 Å². The molecule has 0 aliphatic heterocycles. The van der Waals surface area contributed by atoms with Crippen LogP contribution in [0.25, 0.3) is 11.0 Å². The third-order valence-corrected chi connectivity index (χ3v) is 9.05. The summed E-state index contributed by atoms with van der Waals surface area (Å²) >= 11 is 5.85. The lowest BCUT2D eigenvalue weighted by atomic mass is 9.63. The lowest BCUT2D eigenvalue weighted by Gasteiger charge is -2.39. The third kappa shape index (κ3) is 3.01. The summed E-state index contributed by atoms with van der Waals surface area (Å²) < 4.78 is 0. The molecule has 0 radical (unpaired) electrons. The molecule has 36 heavy (non-hydrogen) atoms. The van der Waals surface area contributed by atoms with Crippen LogP contribution in [0, 0.1) is 29.4 Å². The fraction of sp³-hybridized carbons (Fsp3) is 0.385. The second-order valence-electron chi connectivity index (χ2n) is 10.5. The largest absolute Gasteiger partial charge is 0.288 e. The number of nitrogens with zero attached hydrogens (tertiary/aromatic N) is 3. The third-order valence-electron chi connectivity index (χ3n) is 8.74. The van der Waals surface area contributed by atoms with Gasteiger partial charge in [0.15, 0.2) is 0 Å². The summed E-state index contributed by atoms with van der Waals surface area (Å²) in [6.07, 6.45) is 1.31. The van der Waals surface area contributed by atoms with Gasteiger partial charge >= 0.3 is 0 Å². The van der Waals surface area contributed by atoms with Gasteiger partial charge in [-0.1, -0.05) is 32.4 Å². The molecule has 0 spiro atoms. The molecule has 0 saturated heterocycles. The van der Waals surface area contributed by atoms with E-state index in [0.717, 1.165) is 40.3 Å². The Labute approximate surface area is 212 Å². The van der Waals surface area contributed by atoms with Gasteiger partial charge in [0.1, 0.15) is 10.4 Å². The number of halogens is 1. The second-order valence-corrected chi connectivity index (χ2v) is 10.9. The molecule has 1 saturated carbocycles. The number of benzene rings is 2. The van der Waals surface area contributed by atoms with Crippen molar-refractivity contribution in [1.29, 1.82) is 0 Å². The highest BCUT2D eigenvalue weighted by Gasteiger charge is 2.73. The summed E-state index contributed by atoms with van der Waals surface area (Å²) in [4.78, 5) is 47.1. The number of aryl methyl sites for hydroxylation is 2. The fourth-order valence-electron chi connectivity index (χ4n) is 5.95. The van der Waals surface area contributed by atoms with Crippen molar-refractivity contribution in [2.75, 3.05) is 0 Å². The molecule has 2 atom stereocenters. The quantitative estimate of drug-likeness (QED) is 0.394. The van der Waals surface area contributed by atoms with Crippen LogP contribution in [0.3, 0.4) is 0 Å². The van der Waals surface area contributed by atoms with Gasteiger partial charge in [0.2, 0.25) is 0 Å². The van der Waals surface area contributed by atoms with Crippen molar-refractivity contribution >= 4 is 40.1 Å². The van der Waals surface area contributed by atoms with Crippen molar-refractivity contribution in [2.24, 2.45) is 5.41 Å². The van der Waals surface area contributed by atoms with Crippen molar-refractivity contribution in [3.63, 3.8) is 0 Å². The van der Waals surface area contributed by atoms with E-state index in [9.17, 15) is 19.7 Å². The minimum absolute atomic E-state index is 0.00266. The molecule has 10 heteroatoms. The van der Waals surface area contributed by atoms with Crippen molar-refractivity contribution < 1.29 is 14.5 Å². The second kappa shape index (κ2) is 7.70. The number of nitro benzene ring substituents is 1. The van der Waals surface area contributed by atoms with Crippen LogP contribution in [0.4, 0.5) is 5.69 Å². The van der Waals surface area contributed by atoms with Crippen LogP contribution in [-0.4, -0.2) is 26.7 Å². The van der Waals surface area contributed by atoms with Gasteiger partial charge in [0.25, 0.3) is 17.5 Å². The molecule has 2 unspecified atom stereocenters. The van der Waals surface area contributed by atoms with Gasteiger partial charge in [-0.15, -0.1) is 0 Å². The molecule has 3 aromatic rings. The van der Waals surface area contributed by atoms with E-state index < -0.39 is 21.7 Å². The highest BCUT2D eigenvalue weighted by Crippen LogP contribution is 2.70. The van der Waals surface area contributed by atoms with E-state index in [1.165, 1.54) is 12.1 Å². The van der Waals surface area contributed by atoms with Gasteiger partial charge in [0, 0.05) is 17.0 Å². The Bertz CT molecular complexity index is 1500. The van der Waals surface area contributed by atoms with E-state index >= 15 is 0 Å². The number of rotatable bonds is 3. The highest BCUT2D eigenvalue weighted by atomic mass is 35.5. The van der Waals surface area contributed by atoms with E-state index in [1.54, 1.807) is 0 Å². The van der Waals surface area contributed by atoms with Crippen molar-refractivity contribution in [3.8, 4) is 0 Å². The maximum absolute atomic E-state index is 13.8. The number of aromatic nitrogens is 2. The Morgan fingerprint density at radius 2 is 1.58 bits per heavy atom. The van der Waals surface area contributed by atoms with Crippen molar-refractivity contribution in [3.05, 3.63) is 73.5 Å². The number of hydrogen-bond donors (Lipinski definition) is 2.